The van der Waals surface area contributed by atoms with Gasteiger partial charge < -0.3 is 10.8 Å². The average molecular weight is 244 g/mol. The summed E-state index contributed by atoms with van der Waals surface area (Å²) in [7, 11) is 0. The first-order chi connectivity index (χ1) is 8.76. The maximum atomic E-state index is 9.48. The van der Waals surface area contributed by atoms with Crippen molar-refractivity contribution in [1.29, 1.82) is 0 Å². The van der Waals surface area contributed by atoms with Crippen molar-refractivity contribution in [2.24, 2.45) is 11.7 Å². The molecule has 1 aromatic heterocycles. The first-order valence-corrected chi connectivity index (χ1v) is 6.19. The lowest BCUT2D eigenvalue weighted by Crippen LogP contribution is -2.25. The van der Waals surface area contributed by atoms with Crippen LogP contribution in [0, 0.1) is 5.92 Å². The van der Waals surface area contributed by atoms with E-state index >= 15 is 0 Å². The molecular weight excluding hydrogens is 228 g/mol. The van der Waals surface area contributed by atoms with E-state index in [0.717, 1.165) is 30.8 Å². The molecule has 94 valence electrons. The molecule has 0 spiro atoms. The van der Waals surface area contributed by atoms with Crippen LogP contribution in [0.1, 0.15) is 12.2 Å². The van der Waals surface area contributed by atoms with Crippen molar-refractivity contribution < 1.29 is 5.11 Å². The summed E-state index contributed by atoms with van der Waals surface area (Å²) in [5.41, 5.74) is 6.56. The lowest BCUT2D eigenvalue weighted by molar-refractivity contribution is 0.369. The third kappa shape index (κ3) is 1.97. The first-order valence-electron chi connectivity index (χ1n) is 6.19. The van der Waals surface area contributed by atoms with E-state index < -0.39 is 0 Å². The Labute approximate surface area is 105 Å². The number of rotatable bonds is 2. The van der Waals surface area contributed by atoms with Crippen molar-refractivity contribution in [2.45, 2.75) is 19.4 Å². The van der Waals surface area contributed by atoms with Gasteiger partial charge in [-0.2, -0.15) is 5.10 Å². The summed E-state index contributed by atoms with van der Waals surface area (Å²) in [6.45, 7) is 1.58. The number of nitrogens with two attached hydrogens (primary N) is 1. The number of hydrogen-bond acceptors (Lipinski definition) is 4. The van der Waals surface area contributed by atoms with Crippen LogP contribution >= 0.6 is 0 Å². The van der Waals surface area contributed by atoms with Crippen molar-refractivity contribution in [1.82, 2.24) is 14.8 Å². The van der Waals surface area contributed by atoms with Gasteiger partial charge in [-0.05, 0) is 31.0 Å². The minimum absolute atomic E-state index is 0.236. The molecule has 2 heterocycles. The zero-order valence-corrected chi connectivity index (χ0v) is 10.1. The summed E-state index contributed by atoms with van der Waals surface area (Å²) in [4.78, 5) is 4.55. The topological polar surface area (TPSA) is 77.0 Å². The van der Waals surface area contributed by atoms with E-state index in [2.05, 4.69) is 10.1 Å². The third-order valence-electron chi connectivity index (χ3n) is 3.41. The molecule has 3 rings (SSSR count). The Kier molecular flexibility index (Phi) is 2.76. The molecule has 2 aromatic rings. The smallest absolute Gasteiger partial charge is 0.181 e. The van der Waals surface area contributed by atoms with E-state index in [1.54, 1.807) is 18.2 Å². The van der Waals surface area contributed by atoms with Gasteiger partial charge >= 0.3 is 0 Å². The highest BCUT2D eigenvalue weighted by molar-refractivity contribution is 5.56. The zero-order valence-electron chi connectivity index (χ0n) is 10.1. The van der Waals surface area contributed by atoms with E-state index in [1.807, 2.05) is 10.7 Å². The zero-order chi connectivity index (χ0) is 12.5. The summed E-state index contributed by atoms with van der Waals surface area (Å²) < 4.78 is 1.95. The van der Waals surface area contributed by atoms with Gasteiger partial charge in [0.2, 0.25) is 0 Å². The Bertz CT molecular complexity index is 564. The van der Waals surface area contributed by atoms with Gasteiger partial charge in [0, 0.05) is 18.5 Å². The molecule has 1 aliphatic rings. The maximum absolute atomic E-state index is 9.48. The van der Waals surface area contributed by atoms with Crippen molar-refractivity contribution in [3.8, 4) is 17.1 Å². The van der Waals surface area contributed by atoms with Crippen LogP contribution in [0.25, 0.3) is 11.4 Å². The maximum Gasteiger partial charge on any atom is 0.181 e. The summed E-state index contributed by atoms with van der Waals surface area (Å²) in [6, 6.07) is 7.03. The fourth-order valence-corrected chi connectivity index (χ4v) is 2.34. The highest BCUT2D eigenvalue weighted by Gasteiger charge is 2.21. The SMILES string of the molecule is NCC1CCn2nc(-c3cccc(O)c3)nc2C1. The standard InChI is InChI=1S/C13H16N4O/c14-8-9-4-5-17-12(6-9)15-13(16-17)10-2-1-3-11(18)7-10/h1-3,7,9,18H,4-6,8,14H2. The van der Waals surface area contributed by atoms with Crippen LogP contribution in [-0.2, 0) is 13.0 Å². The second kappa shape index (κ2) is 4.42. The molecule has 1 aliphatic heterocycles. The largest absolute Gasteiger partial charge is 0.508 e. The van der Waals surface area contributed by atoms with E-state index in [-0.39, 0.29) is 5.75 Å². The van der Waals surface area contributed by atoms with Gasteiger partial charge in [0.15, 0.2) is 5.82 Å². The van der Waals surface area contributed by atoms with Crippen LogP contribution in [-0.4, -0.2) is 26.4 Å². The quantitative estimate of drug-likeness (QED) is 0.831. The van der Waals surface area contributed by atoms with E-state index in [9.17, 15) is 5.11 Å². The fourth-order valence-electron chi connectivity index (χ4n) is 2.34. The average Bonchev–Trinajstić information content (AvgIpc) is 2.81. The third-order valence-corrected chi connectivity index (χ3v) is 3.41. The van der Waals surface area contributed by atoms with Crippen LogP contribution in [0.4, 0.5) is 0 Å². The Morgan fingerprint density at radius 3 is 3.11 bits per heavy atom. The van der Waals surface area contributed by atoms with Gasteiger partial charge in [0.05, 0.1) is 0 Å². The number of aromatic nitrogens is 3. The molecule has 0 bridgehead atoms. The Morgan fingerprint density at radius 2 is 2.33 bits per heavy atom. The summed E-state index contributed by atoms with van der Waals surface area (Å²) in [5, 5.41) is 14.0. The second-order valence-corrected chi connectivity index (χ2v) is 4.72. The van der Waals surface area contributed by atoms with E-state index in [4.69, 9.17) is 5.73 Å². The van der Waals surface area contributed by atoms with Gasteiger partial charge in [-0.1, -0.05) is 12.1 Å². The Morgan fingerprint density at radius 1 is 1.44 bits per heavy atom. The molecule has 1 unspecified atom stereocenters. The van der Waals surface area contributed by atoms with Gasteiger partial charge in [0.1, 0.15) is 11.6 Å². The fraction of sp³-hybridized carbons (Fsp3) is 0.385. The number of fused-ring (bicyclic) bond motifs is 1. The van der Waals surface area contributed by atoms with Gasteiger partial charge in [-0.25, -0.2) is 9.67 Å². The number of hydrogen-bond donors (Lipinski definition) is 2. The molecule has 5 heteroatoms. The Hall–Kier alpha value is -1.88. The molecule has 0 saturated carbocycles. The van der Waals surface area contributed by atoms with E-state index in [1.165, 1.54) is 0 Å². The number of nitrogens with zero attached hydrogens (tertiary/aromatic N) is 3. The molecule has 0 radical (unpaired) electrons. The Balaban J connectivity index is 1.94. The molecule has 5 nitrogen and oxygen atoms in total. The van der Waals surface area contributed by atoms with Gasteiger partial charge in [-0.15, -0.1) is 0 Å². The summed E-state index contributed by atoms with van der Waals surface area (Å²) >= 11 is 0. The normalized spacial score (nSPS) is 18.6. The molecule has 0 fully saturated rings. The van der Waals surface area contributed by atoms with Crippen LogP contribution in [0.2, 0.25) is 0 Å². The number of aryl methyl sites for hydroxylation is 1. The number of benzene rings is 1. The van der Waals surface area contributed by atoms with Crippen LogP contribution in [0.5, 0.6) is 5.75 Å². The molecule has 1 aromatic carbocycles. The molecule has 3 N–H and O–H groups in total. The van der Waals surface area contributed by atoms with Crippen molar-refractivity contribution in [2.75, 3.05) is 6.54 Å². The molecule has 1 atom stereocenters. The minimum Gasteiger partial charge on any atom is -0.508 e. The predicted octanol–water partition coefficient (Wildman–Crippen LogP) is 1.17. The van der Waals surface area contributed by atoms with Crippen LogP contribution in [0.15, 0.2) is 24.3 Å². The van der Waals surface area contributed by atoms with E-state index in [0.29, 0.717) is 18.3 Å². The first kappa shape index (κ1) is 11.2. The summed E-state index contributed by atoms with van der Waals surface area (Å²) in [5.74, 6) is 2.42. The van der Waals surface area contributed by atoms with Crippen molar-refractivity contribution in [3.63, 3.8) is 0 Å². The predicted molar refractivity (Wildman–Crippen MR) is 68.0 cm³/mol. The molecule has 0 amide bonds. The highest BCUT2D eigenvalue weighted by atomic mass is 16.3. The monoisotopic (exact) mass is 244 g/mol. The van der Waals surface area contributed by atoms with Crippen molar-refractivity contribution >= 4 is 0 Å². The molecule has 0 aliphatic carbocycles. The number of aromatic hydroxyl groups is 1. The molecule has 0 saturated heterocycles. The number of phenolic OH excluding ortho intramolecular Hbond substituents is 1. The number of phenols is 1. The summed E-state index contributed by atoms with van der Waals surface area (Å²) in [6.07, 6.45) is 1.95. The minimum atomic E-state index is 0.236. The molecule has 18 heavy (non-hydrogen) atoms. The van der Waals surface area contributed by atoms with Gasteiger partial charge in [0.25, 0.3) is 0 Å². The lowest BCUT2D eigenvalue weighted by Gasteiger charge is -2.19. The molecular formula is C13H16N4O. The second-order valence-electron chi connectivity index (χ2n) is 4.72. The highest BCUT2D eigenvalue weighted by Crippen LogP contribution is 2.24. The van der Waals surface area contributed by atoms with Crippen LogP contribution < -0.4 is 5.73 Å². The van der Waals surface area contributed by atoms with Gasteiger partial charge in [-0.3, -0.25) is 0 Å². The van der Waals surface area contributed by atoms with Crippen molar-refractivity contribution in [3.05, 3.63) is 30.1 Å². The lowest BCUT2D eigenvalue weighted by atomic mass is 9.98. The van der Waals surface area contributed by atoms with Crippen LogP contribution in [0.3, 0.4) is 0 Å².